The number of aromatic amines is 1. The molecule has 1 aromatic carbocycles. The lowest BCUT2D eigenvalue weighted by Crippen LogP contribution is -2.48. The second-order valence-corrected chi connectivity index (χ2v) is 18.0. The zero-order valence-electron chi connectivity index (χ0n) is 19.2. The number of rotatable bonds is 12. The average molecular weight is 420 g/mol. The van der Waals surface area contributed by atoms with E-state index in [2.05, 4.69) is 64.7 Å². The smallest absolute Gasteiger partial charge is 0.191 e. The topological polar surface area (TPSA) is 34.2 Å². The molecule has 2 rings (SSSR count). The molecule has 0 aliphatic heterocycles. The van der Waals surface area contributed by atoms with Crippen LogP contribution in [-0.2, 0) is 10.8 Å². The van der Waals surface area contributed by atoms with Crippen molar-refractivity contribution in [3.63, 3.8) is 0 Å². The highest BCUT2D eigenvalue weighted by molar-refractivity contribution is 6.91. The van der Waals surface area contributed by atoms with Crippen molar-refractivity contribution in [3.05, 3.63) is 23.8 Å². The van der Waals surface area contributed by atoms with Crippen molar-refractivity contribution in [2.24, 2.45) is 0 Å². The lowest BCUT2D eigenvalue weighted by atomic mass is 10.1. The molecule has 2 aromatic rings. The SMILES string of the molecule is CC[Si](CC)(CC)OCCc1c([Si](CC)(CC)CC)[nH]c2ccc(OC)cc12. The molecule has 0 amide bonds. The van der Waals surface area contributed by atoms with Gasteiger partial charge in [-0.3, -0.25) is 0 Å². The summed E-state index contributed by atoms with van der Waals surface area (Å²) in [5, 5.41) is 2.89. The maximum atomic E-state index is 6.63. The van der Waals surface area contributed by atoms with Crippen LogP contribution in [0.5, 0.6) is 5.75 Å². The van der Waals surface area contributed by atoms with Crippen LogP contribution in [0.15, 0.2) is 18.2 Å². The molecule has 0 unspecified atom stereocenters. The number of ether oxygens (including phenoxy) is 1. The van der Waals surface area contributed by atoms with Gasteiger partial charge in [-0.2, -0.15) is 0 Å². The van der Waals surface area contributed by atoms with Crippen molar-refractivity contribution < 1.29 is 9.16 Å². The molecule has 0 saturated heterocycles. The van der Waals surface area contributed by atoms with Crippen molar-refractivity contribution in [2.75, 3.05) is 13.7 Å². The van der Waals surface area contributed by atoms with Gasteiger partial charge in [0, 0.05) is 22.8 Å². The Bertz CT molecular complexity index is 732. The highest BCUT2D eigenvalue weighted by Crippen LogP contribution is 2.29. The van der Waals surface area contributed by atoms with Gasteiger partial charge in [-0.1, -0.05) is 59.7 Å². The summed E-state index contributed by atoms with van der Waals surface area (Å²) in [6, 6.07) is 14.0. The minimum absolute atomic E-state index is 0.848. The van der Waals surface area contributed by atoms with Crippen molar-refractivity contribution in [3.8, 4) is 5.75 Å². The molecule has 0 spiro atoms. The van der Waals surface area contributed by atoms with Gasteiger partial charge in [-0.15, -0.1) is 0 Å². The molecule has 3 nitrogen and oxygen atoms in total. The molecule has 1 heterocycles. The van der Waals surface area contributed by atoms with Crippen LogP contribution in [-0.4, -0.2) is 35.1 Å². The number of fused-ring (bicyclic) bond motifs is 1. The van der Waals surface area contributed by atoms with Gasteiger partial charge >= 0.3 is 0 Å². The molecule has 1 N–H and O–H groups in total. The van der Waals surface area contributed by atoms with E-state index >= 15 is 0 Å². The number of benzene rings is 1. The summed E-state index contributed by atoms with van der Waals surface area (Å²) in [7, 11) is -1.30. The number of hydrogen-bond donors (Lipinski definition) is 1. The molecule has 0 aliphatic rings. The molecule has 0 radical (unpaired) electrons. The number of methoxy groups -OCH3 is 1. The normalized spacial score (nSPS) is 12.7. The van der Waals surface area contributed by atoms with Crippen LogP contribution in [0.1, 0.15) is 47.1 Å². The number of aromatic nitrogens is 1. The molecule has 28 heavy (non-hydrogen) atoms. The summed E-state index contributed by atoms with van der Waals surface area (Å²) in [5.74, 6) is 0.941. The summed E-state index contributed by atoms with van der Waals surface area (Å²) >= 11 is 0. The van der Waals surface area contributed by atoms with Crippen molar-refractivity contribution >= 4 is 32.6 Å². The third-order valence-electron chi connectivity index (χ3n) is 7.37. The standard InChI is InChI=1S/C23H41NO2Si2/c1-8-27(9-2,10-3)23-20(16-17-26-28(11-4,12-5)13-6)21-18-19(25-7)14-15-22(21)24-23/h14-15,18,24H,8-13,16-17H2,1-7H3. The van der Waals surface area contributed by atoms with Crippen molar-refractivity contribution in [1.29, 1.82) is 0 Å². The van der Waals surface area contributed by atoms with E-state index in [0.717, 1.165) is 18.8 Å². The molecular weight excluding hydrogens is 378 g/mol. The number of hydrogen-bond acceptors (Lipinski definition) is 2. The van der Waals surface area contributed by atoms with E-state index in [-0.39, 0.29) is 0 Å². The molecular formula is C23H41NO2Si2. The second-order valence-electron chi connectivity index (χ2n) is 8.07. The summed E-state index contributed by atoms with van der Waals surface area (Å²) in [6.07, 6.45) is 1.01. The maximum absolute atomic E-state index is 6.63. The van der Waals surface area contributed by atoms with Crippen LogP contribution < -0.4 is 10.1 Å². The van der Waals surface area contributed by atoms with Crippen LogP contribution in [0.25, 0.3) is 10.9 Å². The molecule has 0 fully saturated rings. The van der Waals surface area contributed by atoms with Crippen LogP contribution in [0.2, 0.25) is 36.3 Å². The zero-order valence-corrected chi connectivity index (χ0v) is 21.2. The van der Waals surface area contributed by atoms with Gasteiger partial charge in [0.25, 0.3) is 0 Å². The van der Waals surface area contributed by atoms with E-state index in [9.17, 15) is 0 Å². The van der Waals surface area contributed by atoms with E-state index in [1.165, 1.54) is 52.7 Å². The van der Waals surface area contributed by atoms with E-state index < -0.39 is 16.4 Å². The predicted octanol–water partition coefficient (Wildman–Crippen LogP) is 6.46. The van der Waals surface area contributed by atoms with Crippen LogP contribution >= 0.6 is 0 Å². The predicted molar refractivity (Wildman–Crippen MR) is 129 cm³/mol. The summed E-state index contributed by atoms with van der Waals surface area (Å²) < 4.78 is 12.2. The van der Waals surface area contributed by atoms with Gasteiger partial charge in [-0.05, 0) is 48.3 Å². The Morgan fingerprint density at radius 1 is 0.857 bits per heavy atom. The largest absolute Gasteiger partial charge is 0.497 e. The number of H-pyrrole nitrogens is 1. The van der Waals surface area contributed by atoms with Gasteiger partial charge in [0.1, 0.15) is 13.8 Å². The lowest BCUT2D eigenvalue weighted by molar-refractivity contribution is 0.304. The molecule has 0 atom stereocenters. The molecule has 0 bridgehead atoms. The Morgan fingerprint density at radius 2 is 1.46 bits per heavy atom. The fraction of sp³-hybridized carbons (Fsp3) is 0.652. The van der Waals surface area contributed by atoms with Crippen molar-refractivity contribution in [2.45, 2.75) is 84.2 Å². The highest BCUT2D eigenvalue weighted by Gasteiger charge is 2.34. The molecule has 0 aliphatic carbocycles. The Hall–Kier alpha value is -1.05. The molecule has 0 saturated carbocycles. The highest BCUT2D eigenvalue weighted by atomic mass is 28.4. The van der Waals surface area contributed by atoms with Gasteiger partial charge in [0.2, 0.25) is 0 Å². The first-order valence-electron chi connectivity index (χ1n) is 11.3. The Labute approximate surface area is 174 Å². The molecule has 1 aromatic heterocycles. The van der Waals surface area contributed by atoms with Crippen molar-refractivity contribution in [1.82, 2.24) is 4.98 Å². The van der Waals surface area contributed by atoms with Crippen LogP contribution in [0.3, 0.4) is 0 Å². The van der Waals surface area contributed by atoms with Gasteiger partial charge in [0.05, 0.1) is 7.11 Å². The lowest BCUT2D eigenvalue weighted by Gasteiger charge is -2.30. The van der Waals surface area contributed by atoms with E-state index in [1.54, 1.807) is 12.4 Å². The minimum Gasteiger partial charge on any atom is -0.497 e. The van der Waals surface area contributed by atoms with Gasteiger partial charge in [0.15, 0.2) is 8.32 Å². The average Bonchev–Trinajstić information content (AvgIpc) is 3.11. The fourth-order valence-electron chi connectivity index (χ4n) is 4.77. The second kappa shape index (κ2) is 10.1. The van der Waals surface area contributed by atoms with Crippen LogP contribution in [0, 0.1) is 0 Å². The third kappa shape index (κ3) is 4.41. The third-order valence-corrected chi connectivity index (χ3v) is 17.6. The fourth-order valence-corrected chi connectivity index (χ4v) is 11.3. The summed E-state index contributed by atoms with van der Waals surface area (Å²) in [6.45, 7) is 14.9. The van der Waals surface area contributed by atoms with E-state index in [0.29, 0.717) is 0 Å². The first kappa shape index (κ1) is 23.2. The molecule has 5 heteroatoms. The number of nitrogens with one attached hydrogen (secondary N) is 1. The Balaban J connectivity index is 2.47. The van der Waals surface area contributed by atoms with Gasteiger partial charge < -0.3 is 14.1 Å². The van der Waals surface area contributed by atoms with Gasteiger partial charge in [-0.25, -0.2) is 0 Å². The summed E-state index contributed by atoms with van der Waals surface area (Å²) in [4.78, 5) is 3.86. The molecule has 158 valence electrons. The van der Waals surface area contributed by atoms with E-state index in [4.69, 9.17) is 9.16 Å². The zero-order chi connectivity index (χ0) is 20.8. The Morgan fingerprint density at radius 3 is 1.96 bits per heavy atom. The van der Waals surface area contributed by atoms with E-state index in [1.807, 2.05) is 0 Å². The maximum Gasteiger partial charge on any atom is 0.191 e. The Kier molecular flexibility index (Phi) is 8.40. The monoisotopic (exact) mass is 419 g/mol. The minimum atomic E-state index is -1.55. The quantitative estimate of drug-likeness (QED) is 0.401. The van der Waals surface area contributed by atoms with Crippen LogP contribution in [0.4, 0.5) is 0 Å². The first-order chi connectivity index (χ1) is 13.5. The summed E-state index contributed by atoms with van der Waals surface area (Å²) in [5.41, 5.74) is 2.75. The first-order valence-corrected chi connectivity index (χ1v) is 16.5.